The zero-order chi connectivity index (χ0) is 15.2. The molecule has 0 radical (unpaired) electrons. The van der Waals surface area contributed by atoms with Gasteiger partial charge in [0.1, 0.15) is 12.5 Å². The average molecular weight is 293 g/mol. The van der Waals surface area contributed by atoms with E-state index in [1.54, 1.807) is 12.1 Å². The second-order valence-corrected chi connectivity index (χ2v) is 5.40. The number of nitro benzene ring substituents is 1. The Balaban J connectivity index is 1.93. The number of nitrogens with one attached hydrogen (secondary N) is 1. The van der Waals surface area contributed by atoms with Crippen LogP contribution < -0.4 is 4.90 Å². The van der Waals surface area contributed by atoms with E-state index in [-0.39, 0.29) is 17.6 Å². The fraction of sp³-hybridized carbons (Fsp3) is 0.533. The third-order valence-electron chi connectivity index (χ3n) is 3.84. The van der Waals surface area contributed by atoms with Crippen LogP contribution in [0, 0.1) is 16.0 Å². The lowest BCUT2D eigenvalue weighted by molar-refractivity contribution is -0.921. The van der Waals surface area contributed by atoms with Crippen molar-refractivity contribution in [1.82, 2.24) is 0 Å². The normalized spacial score (nSPS) is 21.8. The molecule has 0 aromatic heterocycles. The van der Waals surface area contributed by atoms with E-state index in [0.29, 0.717) is 6.61 Å². The first-order chi connectivity index (χ1) is 10.1. The number of ether oxygens (including phenoxy) is 1. The number of hydrogen-bond acceptors (Lipinski definition) is 4. The Morgan fingerprint density at radius 3 is 2.76 bits per heavy atom. The Kier molecular flexibility index (Phi) is 5.27. The number of piperidine rings is 1. The predicted molar refractivity (Wildman–Crippen MR) is 76.9 cm³/mol. The van der Waals surface area contributed by atoms with Crippen LogP contribution in [-0.2, 0) is 16.1 Å². The molecule has 1 aliphatic rings. The Labute approximate surface area is 123 Å². The number of rotatable bonds is 5. The SMILES string of the molecule is CCOC(=O)[C@@H]1CCC[NH+](Cc2ccc([N+](=O)[O-])cc2)C1. The summed E-state index contributed by atoms with van der Waals surface area (Å²) in [5.74, 6) is -0.120. The van der Waals surface area contributed by atoms with Gasteiger partial charge in [0.2, 0.25) is 0 Å². The van der Waals surface area contributed by atoms with Crippen molar-refractivity contribution in [1.29, 1.82) is 0 Å². The van der Waals surface area contributed by atoms with Gasteiger partial charge in [0.15, 0.2) is 0 Å². The summed E-state index contributed by atoms with van der Waals surface area (Å²) in [6.07, 6.45) is 1.90. The predicted octanol–water partition coefficient (Wildman–Crippen LogP) is 0.953. The molecule has 0 amide bonds. The topological polar surface area (TPSA) is 73.9 Å². The van der Waals surface area contributed by atoms with Gasteiger partial charge in [-0.05, 0) is 31.9 Å². The summed E-state index contributed by atoms with van der Waals surface area (Å²) in [4.78, 5) is 23.4. The second kappa shape index (κ2) is 7.17. The van der Waals surface area contributed by atoms with Crippen LogP contribution in [-0.4, -0.2) is 30.6 Å². The van der Waals surface area contributed by atoms with Crippen molar-refractivity contribution in [2.75, 3.05) is 19.7 Å². The molecule has 2 atom stereocenters. The largest absolute Gasteiger partial charge is 0.466 e. The number of non-ortho nitro benzene ring substituents is 1. The van der Waals surface area contributed by atoms with Crippen LogP contribution in [0.4, 0.5) is 5.69 Å². The van der Waals surface area contributed by atoms with Crippen molar-refractivity contribution in [2.45, 2.75) is 26.3 Å². The first kappa shape index (κ1) is 15.4. The minimum atomic E-state index is -0.395. The smallest absolute Gasteiger partial charge is 0.314 e. The number of quaternary nitrogens is 1. The lowest BCUT2D eigenvalue weighted by Crippen LogP contribution is -3.12. The summed E-state index contributed by atoms with van der Waals surface area (Å²) in [7, 11) is 0. The van der Waals surface area contributed by atoms with Crippen LogP contribution in [0.5, 0.6) is 0 Å². The Hall–Kier alpha value is -1.95. The lowest BCUT2D eigenvalue weighted by atomic mass is 9.97. The Morgan fingerprint density at radius 2 is 2.14 bits per heavy atom. The average Bonchev–Trinajstić information content (AvgIpc) is 2.48. The molecule has 1 aromatic carbocycles. The summed E-state index contributed by atoms with van der Waals surface area (Å²) in [6.45, 7) is 4.83. The van der Waals surface area contributed by atoms with Crippen LogP contribution in [0.15, 0.2) is 24.3 Å². The molecule has 21 heavy (non-hydrogen) atoms. The monoisotopic (exact) mass is 293 g/mol. The van der Waals surface area contributed by atoms with Gasteiger partial charge in [-0.1, -0.05) is 0 Å². The molecule has 0 spiro atoms. The van der Waals surface area contributed by atoms with E-state index in [0.717, 1.165) is 38.0 Å². The molecular formula is C15H21N2O4+. The molecule has 1 unspecified atom stereocenters. The van der Waals surface area contributed by atoms with Crippen molar-refractivity contribution in [2.24, 2.45) is 5.92 Å². The second-order valence-electron chi connectivity index (χ2n) is 5.40. The standard InChI is InChI=1S/C15H20N2O4/c1-2-21-15(18)13-4-3-9-16(11-13)10-12-5-7-14(8-6-12)17(19)20/h5-8,13H,2-4,9-11H2,1H3/p+1/t13-/m1/s1. The van der Waals surface area contributed by atoms with Gasteiger partial charge in [-0.15, -0.1) is 0 Å². The van der Waals surface area contributed by atoms with Gasteiger partial charge < -0.3 is 9.64 Å². The van der Waals surface area contributed by atoms with Gasteiger partial charge >= 0.3 is 5.97 Å². The molecule has 114 valence electrons. The number of hydrogen-bond donors (Lipinski definition) is 1. The van der Waals surface area contributed by atoms with Gasteiger partial charge in [0, 0.05) is 17.7 Å². The molecule has 1 N–H and O–H groups in total. The summed E-state index contributed by atoms with van der Waals surface area (Å²) < 4.78 is 5.09. The minimum Gasteiger partial charge on any atom is -0.466 e. The highest BCUT2D eigenvalue weighted by Crippen LogP contribution is 2.13. The van der Waals surface area contributed by atoms with Gasteiger partial charge in [-0.25, -0.2) is 0 Å². The van der Waals surface area contributed by atoms with Crippen LogP contribution in [0.2, 0.25) is 0 Å². The highest BCUT2D eigenvalue weighted by atomic mass is 16.6. The number of likely N-dealkylation sites (tertiary alicyclic amines) is 1. The molecule has 1 saturated heterocycles. The molecule has 1 fully saturated rings. The number of benzene rings is 1. The lowest BCUT2D eigenvalue weighted by Gasteiger charge is -2.28. The Bertz CT molecular complexity index is 501. The molecule has 0 saturated carbocycles. The zero-order valence-electron chi connectivity index (χ0n) is 12.2. The minimum absolute atomic E-state index is 0.0215. The molecule has 1 aromatic rings. The van der Waals surface area contributed by atoms with Gasteiger partial charge in [-0.2, -0.15) is 0 Å². The summed E-state index contributed by atoms with van der Waals surface area (Å²) in [5.41, 5.74) is 1.16. The van der Waals surface area contributed by atoms with Crippen molar-refractivity contribution in [3.63, 3.8) is 0 Å². The third-order valence-corrected chi connectivity index (χ3v) is 3.84. The van der Waals surface area contributed by atoms with Crippen molar-refractivity contribution in [3.05, 3.63) is 39.9 Å². The maximum Gasteiger partial charge on any atom is 0.314 e. The number of nitrogens with zero attached hydrogens (tertiary/aromatic N) is 1. The van der Waals surface area contributed by atoms with Crippen LogP contribution in [0.25, 0.3) is 0 Å². The summed E-state index contributed by atoms with van der Waals surface area (Å²) in [6, 6.07) is 6.64. The number of nitro groups is 1. The van der Waals surface area contributed by atoms with E-state index in [1.807, 2.05) is 6.92 Å². The van der Waals surface area contributed by atoms with E-state index in [9.17, 15) is 14.9 Å². The van der Waals surface area contributed by atoms with Gasteiger partial charge in [0.25, 0.3) is 5.69 Å². The van der Waals surface area contributed by atoms with E-state index in [1.165, 1.54) is 17.0 Å². The third kappa shape index (κ3) is 4.26. The number of carbonyl (C=O) groups excluding carboxylic acids is 1. The molecular weight excluding hydrogens is 272 g/mol. The highest BCUT2D eigenvalue weighted by Gasteiger charge is 2.29. The highest BCUT2D eigenvalue weighted by molar-refractivity contribution is 5.72. The van der Waals surface area contributed by atoms with Gasteiger partial charge in [-0.3, -0.25) is 14.9 Å². The molecule has 1 aliphatic heterocycles. The number of esters is 1. The van der Waals surface area contributed by atoms with Crippen LogP contribution in [0.3, 0.4) is 0 Å². The van der Waals surface area contributed by atoms with Crippen LogP contribution >= 0.6 is 0 Å². The molecule has 2 rings (SSSR count). The Morgan fingerprint density at radius 1 is 1.43 bits per heavy atom. The molecule has 0 bridgehead atoms. The fourth-order valence-corrected chi connectivity index (χ4v) is 2.80. The molecule has 0 aliphatic carbocycles. The first-order valence-corrected chi connectivity index (χ1v) is 7.33. The van der Waals surface area contributed by atoms with Crippen molar-refractivity contribution < 1.29 is 19.4 Å². The first-order valence-electron chi connectivity index (χ1n) is 7.33. The van der Waals surface area contributed by atoms with Crippen LogP contribution in [0.1, 0.15) is 25.3 Å². The van der Waals surface area contributed by atoms with E-state index in [4.69, 9.17) is 4.74 Å². The number of carbonyl (C=O) groups is 1. The van der Waals surface area contributed by atoms with E-state index in [2.05, 4.69) is 0 Å². The maximum atomic E-state index is 11.8. The molecule has 6 heteroatoms. The zero-order valence-corrected chi connectivity index (χ0v) is 12.2. The van der Waals surface area contributed by atoms with E-state index < -0.39 is 4.92 Å². The quantitative estimate of drug-likeness (QED) is 0.498. The fourth-order valence-electron chi connectivity index (χ4n) is 2.80. The summed E-state index contributed by atoms with van der Waals surface area (Å²) in [5, 5.41) is 10.6. The van der Waals surface area contributed by atoms with E-state index >= 15 is 0 Å². The van der Waals surface area contributed by atoms with Crippen molar-refractivity contribution >= 4 is 11.7 Å². The molecule has 1 heterocycles. The maximum absolute atomic E-state index is 11.8. The van der Waals surface area contributed by atoms with Gasteiger partial charge in [0.05, 0.1) is 24.6 Å². The van der Waals surface area contributed by atoms with Crippen molar-refractivity contribution in [3.8, 4) is 0 Å². The molecule has 6 nitrogen and oxygen atoms in total. The summed E-state index contributed by atoms with van der Waals surface area (Å²) >= 11 is 0.